The van der Waals surface area contributed by atoms with E-state index in [9.17, 15) is 9.18 Å². The van der Waals surface area contributed by atoms with E-state index < -0.39 is 12.4 Å². The summed E-state index contributed by atoms with van der Waals surface area (Å²) < 4.78 is 19.7. The minimum atomic E-state index is -0.436. The third-order valence-corrected chi connectivity index (χ3v) is 3.93. The average molecular weight is 292 g/mol. The van der Waals surface area contributed by atoms with Crippen LogP contribution < -0.4 is 10.3 Å². The third-order valence-electron chi connectivity index (χ3n) is 3.93. The molecule has 1 aromatic carbocycles. The van der Waals surface area contributed by atoms with Crippen LogP contribution in [0, 0.1) is 5.82 Å². The fourth-order valence-corrected chi connectivity index (χ4v) is 2.58. The van der Waals surface area contributed by atoms with Gasteiger partial charge in [0.2, 0.25) is 0 Å². The topological polar surface area (TPSA) is 56.9 Å². The molecule has 2 heterocycles. The molecule has 1 N–H and O–H groups in total. The van der Waals surface area contributed by atoms with Gasteiger partial charge in [0.15, 0.2) is 5.43 Å². The first-order valence-corrected chi connectivity index (χ1v) is 6.88. The standard InChI is InChI=1S/C15H17FN2O3/c1-17-2-4-18(5-3-17)13-7-14-11(6-12(13)16)15(20)10(8-19)9-21-14/h6-7,9,19H,2-5,8H2,1H3. The van der Waals surface area contributed by atoms with E-state index >= 15 is 0 Å². The Morgan fingerprint density at radius 1 is 1.29 bits per heavy atom. The van der Waals surface area contributed by atoms with E-state index in [1.807, 2.05) is 11.9 Å². The van der Waals surface area contributed by atoms with E-state index in [2.05, 4.69) is 4.90 Å². The third kappa shape index (κ3) is 2.52. The monoisotopic (exact) mass is 292 g/mol. The number of nitrogens with zero attached hydrogens (tertiary/aromatic N) is 2. The predicted octanol–water partition coefficient (Wildman–Crippen LogP) is 1.18. The zero-order valence-electron chi connectivity index (χ0n) is 11.8. The van der Waals surface area contributed by atoms with Crippen molar-refractivity contribution in [1.82, 2.24) is 4.90 Å². The summed E-state index contributed by atoms with van der Waals surface area (Å²) in [6.07, 6.45) is 1.23. The molecular weight excluding hydrogens is 275 g/mol. The second-order valence-electron chi connectivity index (χ2n) is 5.34. The van der Waals surface area contributed by atoms with Crippen molar-refractivity contribution in [2.24, 2.45) is 0 Å². The lowest BCUT2D eigenvalue weighted by Crippen LogP contribution is -2.44. The van der Waals surface area contributed by atoms with Gasteiger partial charge in [0, 0.05) is 32.2 Å². The molecule has 0 spiro atoms. The number of aliphatic hydroxyl groups excluding tert-OH is 1. The molecule has 2 aromatic rings. The average Bonchev–Trinajstić information content (AvgIpc) is 2.49. The van der Waals surface area contributed by atoms with Gasteiger partial charge in [-0.25, -0.2) is 4.39 Å². The first-order chi connectivity index (χ1) is 10.1. The number of aliphatic hydroxyl groups is 1. The number of hydrogen-bond donors (Lipinski definition) is 1. The van der Waals surface area contributed by atoms with E-state index in [1.54, 1.807) is 6.07 Å². The highest BCUT2D eigenvalue weighted by atomic mass is 19.1. The van der Waals surface area contributed by atoms with E-state index in [0.717, 1.165) is 26.2 Å². The fourth-order valence-electron chi connectivity index (χ4n) is 2.58. The summed E-state index contributed by atoms with van der Waals surface area (Å²) in [4.78, 5) is 16.2. The zero-order chi connectivity index (χ0) is 15.0. The lowest BCUT2D eigenvalue weighted by Gasteiger charge is -2.34. The van der Waals surface area contributed by atoms with Crippen molar-refractivity contribution in [3.8, 4) is 0 Å². The van der Waals surface area contributed by atoms with Gasteiger partial charge in [-0.2, -0.15) is 0 Å². The van der Waals surface area contributed by atoms with Crippen LogP contribution in [0.15, 0.2) is 27.6 Å². The van der Waals surface area contributed by atoms with Crippen LogP contribution in [0.1, 0.15) is 5.56 Å². The molecular formula is C15H17FN2O3. The summed E-state index contributed by atoms with van der Waals surface area (Å²) in [7, 11) is 2.03. The Hall–Kier alpha value is -1.92. The molecule has 21 heavy (non-hydrogen) atoms. The van der Waals surface area contributed by atoms with Crippen molar-refractivity contribution < 1.29 is 13.9 Å². The van der Waals surface area contributed by atoms with Crippen LogP contribution in [0.25, 0.3) is 11.0 Å². The van der Waals surface area contributed by atoms with Crippen molar-refractivity contribution in [2.75, 3.05) is 38.1 Å². The summed E-state index contributed by atoms with van der Waals surface area (Å²) in [5.41, 5.74) is 0.542. The molecule has 0 amide bonds. The normalized spacial score (nSPS) is 16.6. The smallest absolute Gasteiger partial charge is 0.198 e. The minimum absolute atomic E-state index is 0.134. The summed E-state index contributed by atoms with van der Waals surface area (Å²) >= 11 is 0. The SMILES string of the molecule is CN1CCN(c2cc3occ(CO)c(=O)c3cc2F)CC1. The molecule has 0 radical (unpaired) electrons. The van der Waals surface area contributed by atoms with Gasteiger partial charge in [-0.15, -0.1) is 0 Å². The number of likely N-dealkylation sites (N-methyl/N-ethyl adjacent to an activating group) is 1. The molecule has 1 saturated heterocycles. The van der Waals surface area contributed by atoms with Crippen molar-refractivity contribution in [3.63, 3.8) is 0 Å². The number of benzene rings is 1. The van der Waals surface area contributed by atoms with Crippen molar-refractivity contribution in [2.45, 2.75) is 6.61 Å². The van der Waals surface area contributed by atoms with Crippen LogP contribution in [0.2, 0.25) is 0 Å². The largest absolute Gasteiger partial charge is 0.464 e. The van der Waals surface area contributed by atoms with E-state index in [-0.39, 0.29) is 16.4 Å². The minimum Gasteiger partial charge on any atom is -0.464 e. The van der Waals surface area contributed by atoms with E-state index in [0.29, 0.717) is 11.3 Å². The van der Waals surface area contributed by atoms with Crippen LogP contribution in [0.4, 0.5) is 10.1 Å². The molecule has 5 nitrogen and oxygen atoms in total. The van der Waals surface area contributed by atoms with Crippen molar-refractivity contribution >= 4 is 16.7 Å². The second-order valence-corrected chi connectivity index (χ2v) is 5.34. The van der Waals surface area contributed by atoms with Gasteiger partial charge in [-0.05, 0) is 13.1 Å². The Labute approximate surface area is 121 Å². The Kier molecular flexibility index (Phi) is 3.65. The quantitative estimate of drug-likeness (QED) is 0.900. The highest BCUT2D eigenvalue weighted by molar-refractivity contribution is 5.81. The van der Waals surface area contributed by atoms with Gasteiger partial charge in [-0.3, -0.25) is 4.79 Å². The van der Waals surface area contributed by atoms with Gasteiger partial charge in [0.25, 0.3) is 0 Å². The first kappa shape index (κ1) is 14.0. The lowest BCUT2D eigenvalue weighted by molar-refractivity contribution is 0.277. The molecule has 0 unspecified atom stereocenters. The summed E-state index contributed by atoms with van der Waals surface area (Å²) in [5, 5.41) is 9.23. The summed E-state index contributed by atoms with van der Waals surface area (Å²) in [5.74, 6) is -0.436. The second kappa shape index (κ2) is 5.46. The highest BCUT2D eigenvalue weighted by Crippen LogP contribution is 2.25. The molecule has 0 saturated carbocycles. The molecule has 0 atom stereocenters. The maximum absolute atomic E-state index is 14.3. The van der Waals surface area contributed by atoms with Crippen LogP contribution in [-0.2, 0) is 6.61 Å². The van der Waals surface area contributed by atoms with Crippen molar-refractivity contribution in [1.29, 1.82) is 0 Å². The molecule has 1 aliphatic heterocycles. The first-order valence-electron chi connectivity index (χ1n) is 6.88. The molecule has 1 fully saturated rings. The Balaban J connectivity index is 2.06. The van der Waals surface area contributed by atoms with Crippen molar-refractivity contribution in [3.05, 3.63) is 40.0 Å². The molecule has 1 aliphatic rings. The van der Waals surface area contributed by atoms with Gasteiger partial charge in [0.1, 0.15) is 17.7 Å². The number of rotatable bonds is 2. The lowest BCUT2D eigenvalue weighted by atomic mass is 10.1. The maximum atomic E-state index is 14.3. The van der Waals surface area contributed by atoms with Gasteiger partial charge >= 0.3 is 0 Å². The van der Waals surface area contributed by atoms with Crippen LogP contribution in [-0.4, -0.2) is 43.2 Å². The van der Waals surface area contributed by atoms with Gasteiger partial charge in [-0.1, -0.05) is 0 Å². The number of fused-ring (bicyclic) bond motifs is 1. The van der Waals surface area contributed by atoms with E-state index in [4.69, 9.17) is 9.52 Å². The number of piperazine rings is 1. The fraction of sp³-hybridized carbons (Fsp3) is 0.400. The Morgan fingerprint density at radius 2 is 2.00 bits per heavy atom. The number of halogens is 1. The van der Waals surface area contributed by atoms with Crippen LogP contribution >= 0.6 is 0 Å². The maximum Gasteiger partial charge on any atom is 0.198 e. The Morgan fingerprint density at radius 3 is 2.67 bits per heavy atom. The molecule has 3 rings (SSSR count). The van der Waals surface area contributed by atoms with Crippen LogP contribution in [0.3, 0.4) is 0 Å². The highest BCUT2D eigenvalue weighted by Gasteiger charge is 2.19. The Bertz CT molecular complexity index is 721. The van der Waals surface area contributed by atoms with E-state index in [1.165, 1.54) is 12.3 Å². The van der Waals surface area contributed by atoms with Gasteiger partial charge in [0.05, 0.1) is 23.2 Å². The number of hydrogen-bond acceptors (Lipinski definition) is 5. The van der Waals surface area contributed by atoms with Gasteiger partial charge < -0.3 is 19.3 Å². The molecule has 0 aliphatic carbocycles. The van der Waals surface area contributed by atoms with Crippen LogP contribution in [0.5, 0.6) is 0 Å². The molecule has 0 bridgehead atoms. The summed E-state index contributed by atoms with van der Waals surface area (Å²) in [6.45, 7) is 2.78. The molecule has 1 aromatic heterocycles. The molecule has 6 heteroatoms. The molecule has 112 valence electrons. The number of anilines is 1. The predicted molar refractivity (Wildman–Crippen MR) is 78.1 cm³/mol. The zero-order valence-corrected chi connectivity index (χ0v) is 11.8. The summed E-state index contributed by atoms with van der Waals surface area (Å²) in [6, 6.07) is 2.77.